The number of unbranched alkanes of at least 4 members (excludes halogenated alkanes) is 1. The van der Waals surface area contributed by atoms with Gasteiger partial charge in [0.15, 0.2) is 0 Å². The molecular weight excluding hydrogens is 388 g/mol. The zero-order valence-corrected chi connectivity index (χ0v) is 21.3. The van der Waals surface area contributed by atoms with E-state index in [2.05, 4.69) is 51.2 Å². The van der Waals surface area contributed by atoms with Crippen LogP contribution in [0.15, 0.2) is 0 Å². The van der Waals surface area contributed by atoms with Crippen LogP contribution in [0.4, 0.5) is 0 Å². The molecule has 0 aliphatic heterocycles. The summed E-state index contributed by atoms with van der Waals surface area (Å²) in [6.07, 6.45) is 17.1. The molecule has 1 fully saturated rings. The van der Waals surface area contributed by atoms with E-state index in [0.29, 0.717) is 10.7 Å². The van der Waals surface area contributed by atoms with Crippen LogP contribution >= 0.6 is 11.8 Å². The summed E-state index contributed by atoms with van der Waals surface area (Å²) in [7, 11) is 0. The lowest BCUT2D eigenvalue weighted by Crippen LogP contribution is -2.48. The average molecular weight is 439 g/mol. The quantitative estimate of drug-likeness (QED) is 0.291. The summed E-state index contributed by atoms with van der Waals surface area (Å²) < 4.78 is 0.314. The van der Waals surface area contributed by atoms with Crippen molar-refractivity contribution in [1.82, 2.24) is 10.6 Å². The Morgan fingerprint density at radius 2 is 1.83 bits per heavy atom. The van der Waals surface area contributed by atoms with Crippen molar-refractivity contribution in [2.75, 3.05) is 18.8 Å². The number of hydrogen-bond acceptors (Lipinski definition) is 4. The molecule has 4 heteroatoms. The fourth-order valence-corrected chi connectivity index (χ4v) is 5.15. The smallest absolute Gasteiger partial charge is 0.0693 e. The number of nitrogens with one attached hydrogen (secondary N) is 2. The van der Waals surface area contributed by atoms with Crippen LogP contribution in [0, 0.1) is 24.2 Å². The molecule has 0 aromatic rings. The molecule has 0 radical (unpaired) electrons. The molecule has 0 saturated heterocycles. The van der Waals surface area contributed by atoms with Crippen molar-refractivity contribution in [3.63, 3.8) is 0 Å². The van der Waals surface area contributed by atoms with Gasteiger partial charge in [0.25, 0.3) is 0 Å². The highest BCUT2D eigenvalue weighted by molar-refractivity contribution is 8.00. The largest absolute Gasteiger partial charge is 0.392 e. The van der Waals surface area contributed by atoms with E-state index < -0.39 is 0 Å². The third-order valence-electron chi connectivity index (χ3n) is 6.18. The lowest BCUT2D eigenvalue weighted by atomic mass is 9.83. The summed E-state index contributed by atoms with van der Waals surface area (Å²) in [6.45, 7) is 13.2. The van der Waals surface area contributed by atoms with Crippen LogP contribution in [0.1, 0.15) is 98.8 Å². The van der Waals surface area contributed by atoms with Crippen molar-refractivity contribution in [2.45, 2.75) is 122 Å². The number of aliphatic hydroxyl groups is 1. The Balaban J connectivity index is 2.53. The second-order valence-corrected chi connectivity index (χ2v) is 12.4. The highest BCUT2D eigenvalue weighted by atomic mass is 32.2. The molecule has 0 spiro atoms. The summed E-state index contributed by atoms with van der Waals surface area (Å²) in [5.41, 5.74) is 0. The zero-order chi connectivity index (χ0) is 22.4. The van der Waals surface area contributed by atoms with Crippen LogP contribution in [-0.4, -0.2) is 46.9 Å². The van der Waals surface area contributed by atoms with Crippen molar-refractivity contribution >= 4 is 11.8 Å². The van der Waals surface area contributed by atoms with E-state index in [4.69, 9.17) is 6.42 Å². The number of aliphatic hydroxyl groups excluding tert-OH is 1. The van der Waals surface area contributed by atoms with E-state index in [1.807, 2.05) is 11.8 Å². The lowest BCUT2D eigenvalue weighted by molar-refractivity contribution is 0.0967. The van der Waals surface area contributed by atoms with E-state index in [-0.39, 0.29) is 18.2 Å². The van der Waals surface area contributed by atoms with Gasteiger partial charge in [-0.1, -0.05) is 79.6 Å². The van der Waals surface area contributed by atoms with Gasteiger partial charge in [-0.15, -0.1) is 12.3 Å². The third kappa shape index (κ3) is 13.3. The van der Waals surface area contributed by atoms with Crippen molar-refractivity contribution < 1.29 is 5.11 Å². The topological polar surface area (TPSA) is 44.3 Å². The van der Waals surface area contributed by atoms with Crippen LogP contribution in [0.3, 0.4) is 0 Å². The fourth-order valence-electron chi connectivity index (χ4n) is 4.24. The lowest BCUT2D eigenvalue weighted by Gasteiger charge is -2.32. The van der Waals surface area contributed by atoms with Crippen molar-refractivity contribution in [2.24, 2.45) is 11.8 Å². The van der Waals surface area contributed by atoms with Crippen LogP contribution in [0.25, 0.3) is 0 Å². The van der Waals surface area contributed by atoms with Gasteiger partial charge in [0.1, 0.15) is 0 Å². The highest BCUT2D eigenvalue weighted by Crippen LogP contribution is 2.29. The number of rotatable bonds is 15. The molecule has 1 unspecified atom stereocenters. The predicted octanol–water partition coefficient (Wildman–Crippen LogP) is 5.62. The minimum Gasteiger partial charge on any atom is -0.392 e. The summed E-state index contributed by atoms with van der Waals surface area (Å²) >= 11 is 2.03. The molecule has 3 N–H and O–H groups in total. The van der Waals surface area contributed by atoms with E-state index in [0.717, 1.165) is 56.9 Å². The normalized spacial score (nSPS) is 19.8. The molecule has 176 valence electrons. The van der Waals surface area contributed by atoms with E-state index >= 15 is 0 Å². The number of terminal acetylenes is 1. The molecule has 3 nitrogen and oxygen atoms in total. The molecule has 1 aliphatic carbocycles. The standard InChI is InChI=1S/C26H50N2OS/c1-7-9-16-25(29)24(17-22-14-11-10-12-15-22)28-19-23(13-8-2)27-18-21(3)20-30-26(4,5)6/h2,21-25,27-29H,7,9-20H2,1,3-6H3/t21-,23-,24-,25?/m0/s1. The summed E-state index contributed by atoms with van der Waals surface area (Å²) in [6, 6.07) is 0.458. The Labute approximate surface area is 192 Å². The first-order chi connectivity index (χ1) is 14.2. The molecule has 1 aliphatic rings. The molecular formula is C26H50N2OS. The second-order valence-electron chi connectivity index (χ2n) is 10.5. The van der Waals surface area contributed by atoms with Gasteiger partial charge in [-0.05, 0) is 37.0 Å². The third-order valence-corrected chi connectivity index (χ3v) is 7.78. The highest BCUT2D eigenvalue weighted by Gasteiger charge is 2.25. The Bertz CT molecular complexity index is 465. The summed E-state index contributed by atoms with van der Waals surface area (Å²) in [5, 5.41) is 18.3. The Hall–Kier alpha value is -0.210. The number of thioether (sulfide) groups is 1. The van der Waals surface area contributed by atoms with Gasteiger partial charge in [-0.2, -0.15) is 11.8 Å². The molecule has 1 saturated carbocycles. The Kier molecular flexibility index (Phi) is 14.4. The maximum absolute atomic E-state index is 10.9. The van der Waals surface area contributed by atoms with E-state index in [1.54, 1.807) is 0 Å². The Morgan fingerprint density at radius 1 is 1.13 bits per heavy atom. The SMILES string of the molecule is C#CC[C@@H](CN[C@@H](CC1CCCCC1)C(O)CCCC)NC[C@H](C)CSC(C)(C)C. The molecule has 1 rings (SSSR count). The van der Waals surface area contributed by atoms with Gasteiger partial charge in [0, 0.05) is 29.8 Å². The summed E-state index contributed by atoms with van der Waals surface area (Å²) in [5.74, 6) is 5.38. The average Bonchev–Trinajstić information content (AvgIpc) is 2.71. The van der Waals surface area contributed by atoms with Crippen LogP contribution in [0.5, 0.6) is 0 Å². The van der Waals surface area contributed by atoms with Gasteiger partial charge >= 0.3 is 0 Å². The van der Waals surface area contributed by atoms with Gasteiger partial charge < -0.3 is 15.7 Å². The summed E-state index contributed by atoms with van der Waals surface area (Å²) in [4.78, 5) is 0. The van der Waals surface area contributed by atoms with E-state index in [1.165, 1.54) is 32.1 Å². The van der Waals surface area contributed by atoms with Crippen LogP contribution in [0.2, 0.25) is 0 Å². The first-order valence-electron chi connectivity index (χ1n) is 12.5. The molecule has 0 bridgehead atoms. The number of hydrogen-bond donors (Lipinski definition) is 3. The minimum atomic E-state index is -0.250. The van der Waals surface area contributed by atoms with Crippen molar-refractivity contribution in [3.05, 3.63) is 0 Å². The zero-order valence-electron chi connectivity index (χ0n) is 20.5. The maximum atomic E-state index is 10.9. The second kappa shape index (κ2) is 15.6. The van der Waals surface area contributed by atoms with Crippen molar-refractivity contribution in [1.29, 1.82) is 0 Å². The van der Waals surface area contributed by atoms with Gasteiger partial charge in [0.2, 0.25) is 0 Å². The first kappa shape index (κ1) is 27.8. The van der Waals surface area contributed by atoms with Gasteiger partial charge in [-0.3, -0.25) is 0 Å². The van der Waals surface area contributed by atoms with Crippen molar-refractivity contribution in [3.8, 4) is 12.3 Å². The molecule has 0 heterocycles. The van der Waals surface area contributed by atoms with Crippen LogP contribution in [-0.2, 0) is 0 Å². The maximum Gasteiger partial charge on any atom is 0.0693 e. The minimum absolute atomic E-state index is 0.190. The van der Waals surface area contributed by atoms with Gasteiger partial charge in [0.05, 0.1) is 6.10 Å². The molecule has 0 aromatic heterocycles. The fraction of sp³-hybridized carbons (Fsp3) is 0.923. The molecule has 0 aromatic carbocycles. The van der Waals surface area contributed by atoms with E-state index in [9.17, 15) is 5.11 Å². The Morgan fingerprint density at radius 3 is 2.43 bits per heavy atom. The molecule has 30 heavy (non-hydrogen) atoms. The van der Waals surface area contributed by atoms with Crippen LogP contribution < -0.4 is 10.6 Å². The molecule has 0 amide bonds. The monoisotopic (exact) mass is 438 g/mol. The predicted molar refractivity (Wildman–Crippen MR) is 135 cm³/mol. The van der Waals surface area contributed by atoms with Gasteiger partial charge in [-0.25, -0.2) is 0 Å². The molecule has 4 atom stereocenters. The first-order valence-corrected chi connectivity index (χ1v) is 13.5.